The molecule has 1 aliphatic heterocycles. The predicted octanol–water partition coefficient (Wildman–Crippen LogP) is 5.23. The van der Waals surface area contributed by atoms with Gasteiger partial charge in [-0.1, -0.05) is 68.3 Å². The highest BCUT2D eigenvalue weighted by Crippen LogP contribution is 2.19. The van der Waals surface area contributed by atoms with Gasteiger partial charge in [-0.05, 0) is 43.2 Å². The number of cyclic esters (lactones) is 1. The number of hydrogen-bond donors (Lipinski definition) is 1. The standard InChI is InChI=1S/C23H32O3/c1-2-3-4-5-6-7-12-21(24)16-15-19-10-8-11-20(17-19)18-22-13-9-14-23(25)26-22/h6-8,10-11,15-17,21-22,24H,2-5,9,12-14,18H2,1H3. The van der Waals surface area contributed by atoms with Crippen molar-refractivity contribution in [3.63, 3.8) is 0 Å². The van der Waals surface area contributed by atoms with E-state index in [4.69, 9.17) is 4.74 Å². The molecule has 0 aliphatic carbocycles. The molecule has 1 aromatic carbocycles. The fourth-order valence-electron chi connectivity index (χ4n) is 3.17. The second-order valence-electron chi connectivity index (χ2n) is 7.08. The van der Waals surface area contributed by atoms with Crippen LogP contribution in [-0.2, 0) is 16.0 Å². The van der Waals surface area contributed by atoms with Crippen molar-refractivity contribution in [1.29, 1.82) is 0 Å². The molecule has 1 aliphatic rings. The van der Waals surface area contributed by atoms with Gasteiger partial charge in [-0.3, -0.25) is 4.79 Å². The summed E-state index contributed by atoms with van der Waals surface area (Å²) in [6.07, 6.45) is 16.2. The number of unbranched alkanes of at least 4 members (excludes halogenated alkanes) is 3. The van der Waals surface area contributed by atoms with Gasteiger partial charge in [-0.15, -0.1) is 0 Å². The highest BCUT2D eigenvalue weighted by molar-refractivity contribution is 5.70. The van der Waals surface area contributed by atoms with Gasteiger partial charge >= 0.3 is 5.97 Å². The second-order valence-corrected chi connectivity index (χ2v) is 7.08. The van der Waals surface area contributed by atoms with E-state index in [-0.39, 0.29) is 12.1 Å². The Balaban J connectivity index is 1.79. The molecule has 1 N–H and O–H groups in total. The van der Waals surface area contributed by atoms with Crippen LogP contribution in [0.1, 0.15) is 69.4 Å². The highest BCUT2D eigenvalue weighted by atomic mass is 16.5. The highest BCUT2D eigenvalue weighted by Gasteiger charge is 2.20. The van der Waals surface area contributed by atoms with Crippen LogP contribution < -0.4 is 0 Å². The average Bonchev–Trinajstić information content (AvgIpc) is 2.63. The number of allylic oxidation sites excluding steroid dienone is 1. The summed E-state index contributed by atoms with van der Waals surface area (Å²) in [6.45, 7) is 2.20. The van der Waals surface area contributed by atoms with Crippen LogP contribution in [0.2, 0.25) is 0 Å². The van der Waals surface area contributed by atoms with Gasteiger partial charge in [0.1, 0.15) is 6.10 Å². The van der Waals surface area contributed by atoms with Crippen molar-refractivity contribution >= 4 is 12.0 Å². The van der Waals surface area contributed by atoms with Gasteiger partial charge in [-0.25, -0.2) is 0 Å². The summed E-state index contributed by atoms with van der Waals surface area (Å²) < 4.78 is 5.40. The molecule has 0 amide bonds. The zero-order chi connectivity index (χ0) is 18.6. The molecule has 0 saturated carbocycles. The number of esters is 1. The topological polar surface area (TPSA) is 46.5 Å². The van der Waals surface area contributed by atoms with E-state index in [1.807, 2.05) is 24.3 Å². The van der Waals surface area contributed by atoms with Gasteiger partial charge < -0.3 is 9.84 Å². The number of ether oxygens (including phenoxy) is 1. The van der Waals surface area contributed by atoms with E-state index in [2.05, 4.69) is 31.2 Å². The Bertz CT molecular complexity index is 603. The molecular weight excluding hydrogens is 324 g/mol. The summed E-state index contributed by atoms with van der Waals surface area (Å²) >= 11 is 0. The number of hydrogen-bond acceptors (Lipinski definition) is 3. The molecule has 0 bridgehead atoms. The van der Waals surface area contributed by atoms with E-state index in [1.54, 1.807) is 0 Å². The summed E-state index contributed by atoms with van der Waals surface area (Å²) in [6, 6.07) is 8.21. The Kier molecular flexibility index (Phi) is 9.19. The van der Waals surface area contributed by atoms with Crippen molar-refractivity contribution < 1.29 is 14.6 Å². The maximum absolute atomic E-state index is 11.4. The quantitative estimate of drug-likeness (QED) is 0.355. The number of rotatable bonds is 10. The zero-order valence-electron chi connectivity index (χ0n) is 15.9. The summed E-state index contributed by atoms with van der Waals surface area (Å²) in [5.41, 5.74) is 2.23. The Morgan fingerprint density at radius 1 is 1.31 bits per heavy atom. The predicted molar refractivity (Wildman–Crippen MR) is 107 cm³/mol. The van der Waals surface area contributed by atoms with E-state index in [0.29, 0.717) is 12.8 Å². The first-order valence-electron chi connectivity index (χ1n) is 9.97. The number of carbonyl (C=O) groups excluding carboxylic acids is 1. The minimum atomic E-state index is -0.458. The lowest BCUT2D eigenvalue weighted by atomic mass is 9.99. The van der Waals surface area contributed by atoms with Crippen LogP contribution in [0.4, 0.5) is 0 Å². The SMILES string of the molecule is CCCCCC=CCC(O)C=Cc1cccc(CC2CCCC(=O)O2)c1. The summed E-state index contributed by atoms with van der Waals surface area (Å²) in [4.78, 5) is 11.4. The van der Waals surface area contributed by atoms with Gasteiger partial charge in [0.15, 0.2) is 0 Å². The second kappa shape index (κ2) is 11.7. The molecule has 0 spiro atoms. The van der Waals surface area contributed by atoms with Gasteiger partial charge in [-0.2, -0.15) is 0 Å². The van der Waals surface area contributed by atoms with Crippen LogP contribution in [0, 0.1) is 0 Å². The smallest absolute Gasteiger partial charge is 0.306 e. The summed E-state index contributed by atoms with van der Waals surface area (Å²) in [7, 11) is 0. The molecule has 1 saturated heterocycles. The molecule has 1 fully saturated rings. The lowest BCUT2D eigenvalue weighted by Crippen LogP contribution is -2.25. The third-order valence-corrected chi connectivity index (χ3v) is 4.65. The van der Waals surface area contributed by atoms with Gasteiger partial charge in [0.05, 0.1) is 6.10 Å². The van der Waals surface area contributed by atoms with Crippen LogP contribution in [0.25, 0.3) is 6.08 Å². The molecule has 0 aromatic heterocycles. The summed E-state index contributed by atoms with van der Waals surface area (Å²) in [5.74, 6) is -0.0804. The van der Waals surface area contributed by atoms with E-state index < -0.39 is 6.10 Å². The molecule has 3 nitrogen and oxygen atoms in total. The summed E-state index contributed by atoms with van der Waals surface area (Å²) in [5, 5.41) is 10.1. The van der Waals surface area contributed by atoms with Gasteiger partial charge in [0.2, 0.25) is 0 Å². The molecule has 2 rings (SSSR count). The molecule has 3 heteroatoms. The van der Waals surface area contributed by atoms with Crippen molar-refractivity contribution in [2.45, 2.75) is 76.9 Å². The molecule has 142 valence electrons. The maximum atomic E-state index is 11.4. The maximum Gasteiger partial charge on any atom is 0.306 e. The van der Waals surface area contributed by atoms with Gasteiger partial charge in [0, 0.05) is 12.8 Å². The molecule has 2 atom stereocenters. The molecular formula is C23H32O3. The fraction of sp³-hybridized carbons (Fsp3) is 0.522. The van der Waals surface area contributed by atoms with E-state index in [0.717, 1.165) is 36.8 Å². The van der Waals surface area contributed by atoms with Crippen molar-refractivity contribution in [3.05, 3.63) is 53.6 Å². The lowest BCUT2D eigenvalue weighted by molar-refractivity contribution is -0.153. The van der Waals surface area contributed by atoms with Crippen LogP contribution in [0.3, 0.4) is 0 Å². The normalized spacial score (nSPS) is 19.2. The van der Waals surface area contributed by atoms with E-state index >= 15 is 0 Å². The minimum Gasteiger partial charge on any atom is -0.462 e. The van der Waals surface area contributed by atoms with E-state index in [1.165, 1.54) is 19.3 Å². The van der Waals surface area contributed by atoms with Gasteiger partial charge in [0.25, 0.3) is 0 Å². The average molecular weight is 357 g/mol. The van der Waals surface area contributed by atoms with Crippen LogP contribution >= 0.6 is 0 Å². The third-order valence-electron chi connectivity index (χ3n) is 4.65. The van der Waals surface area contributed by atoms with Crippen molar-refractivity contribution in [1.82, 2.24) is 0 Å². The third kappa shape index (κ3) is 8.01. The molecule has 26 heavy (non-hydrogen) atoms. The monoisotopic (exact) mass is 356 g/mol. The molecule has 2 unspecified atom stereocenters. The largest absolute Gasteiger partial charge is 0.462 e. The van der Waals surface area contributed by atoms with Crippen LogP contribution in [0.5, 0.6) is 0 Å². The number of carbonyl (C=O) groups is 1. The number of aliphatic hydroxyl groups excluding tert-OH is 1. The van der Waals surface area contributed by atoms with Crippen LogP contribution in [0.15, 0.2) is 42.5 Å². The molecule has 1 aromatic rings. The molecule has 0 radical (unpaired) electrons. The fourth-order valence-corrected chi connectivity index (χ4v) is 3.17. The Morgan fingerprint density at radius 2 is 2.19 bits per heavy atom. The first-order valence-corrected chi connectivity index (χ1v) is 9.97. The number of benzene rings is 1. The Labute approximate surface area is 157 Å². The molecule has 1 heterocycles. The minimum absolute atomic E-state index is 0.00100. The Hall–Kier alpha value is -1.87. The Morgan fingerprint density at radius 3 is 3.00 bits per heavy atom. The zero-order valence-corrected chi connectivity index (χ0v) is 15.9. The van der Waals surface area contributed by atoms with Crippen molar-refractivity contribution in [3.8, 4) is 0 Å². The van der Waals surface area contributed by atoms with Crippen LogP contribution in [-0.4, -0.2) is 23.3 Å². The lowest BCUT2D eigenvalue weighted by Gasteiger charge is -2.22. The van der Waals surface area contributed by atoms with Crippen molar-refractivity contribution in [2.75, 3.05) is 0 Å². The first kappa shape index (κ1) is 20.4. The van der Waals surface area contributed by atoms with Crippen molar-refractivity contribution in [2.24, 2.45) is 0 Å². The number of aliphatic hydroxyl groups is 1. The van der Waals surface area contributed by atoms with E-state index in [9.17, 15) is 9.90 Å². The first-order chi connectivity index (χ1) is 12.7.